The number of hydrogen-bond donors (Lipinski definition) is 1. The number of benzene rings is 1. The molecule has 0 amide bonds. The average molecular weight is 341 g/mol. The lowest BCUT2D eigenvalue weighted by atomic mass is 10.0. The van der Waals surface area contributed by atoms with Crippen LogP contribution < -0.4 is 18.9 Å². The van der Waals surface area contributed by atoms with Crippen LogP contribution in [0.15, 0.2) is 18.3 Å². The van der Waals surface area contributed by atoms with Crippen molar-refractivity contribution in [2.24, 2.45) is 0 Å². The quantitative estimate of drug-likeness (QED) is 0.807. The summed E-state index contributed by atoms with van der Waals surface area (Å²) in [6.07, 6.45) is 0.345. The van der Waals surface area contributed by atoms with Crippen LogP contribution in [-0.4, -0.2) is 43.5 Å². The van der Waals surface area contributed by atoms with Crippen LogP contribution in [0.25, 0.3) is 0 Å². The standard InChI is InChI=1S/C15H17ClN2O5/c1-20-10-5-8(6-11(21-2)13(10)22-3)12(19)9-7-17-15(16)18-14(9)23-4/h5-7,12,19H,1-4H3. The van der Waals surface area contributed by atoms with Gasteiger partial charge in [-0.05, 0) is 29.3 Å². The summed E-state index contributed by atoms with van der Waals surface area (Å²) in [6.45, 7) is 0. The maximum absolute atomic E-state index is 10.6. The SMILES string of the molecule is COc1cc(C(O)c2cnc(Cl)nc2OC)cc(OC)c1OC. The van der Waals surface area contributed by atoms with Gasteiger partial charge in [0.05, 0.1) is 34.0 Å². The van der Waals surface area contributed by atoms with Crippen molar-refractivity contribution < 1.29 is 24.1 Å². The second kappa shape index (κ2) is 7.34. The Morgan fingerprint density at radius 3 is 2.09 bits per heavy atom. The van der Waals surface area contributed by atoms with Crippen molar-refractivity contribution in [2.45, 2.75) is 6.10 Å². The molecule has 0 saturated heterocycles. The third kappa shape index (κ3) is 3.40. The number of ether oxygens (including phenoxy) is 4. The van der Waals surface area contributed by atoms with Gasteiger partial charge < -0.3 is 24.1 Å². The molecule has 0 saturated carbocycles. The number of methoxy groups -OCH3 is 4. The van der Waals surface area contributed by atoms with Crippen LogP contribution in [0.4, 0.5) is 0 Å². The van der Waals surface area contributed by atoms with Crippen molar-refractivity contribution in [3.63, 3.8) is 0 Å². The molecule has 1 N–H and O–H groups in total. The normalized spacial score (nSPS) is 11.7. The first-order valence-electron chi connectivity index (χ1n) is 6.60. The molecule has 1 aromatic carbocycles. The minimum absolute atomic E-state index is 0.0303. The molecule has 2 rings (SSSR count). The Balaban J connectivity index is 2.53. The zero-order valence-corrected chi connectivity index (χ0v) is 13.9. The van der Waals surface area contributed by atoms with Gasteiger partial charge in [-0.2, -0.15) is 4.98 Å². The summed E-state index contributed by atoms with van der Waals surface area (Å²) in [5, 5.41) is 10.7. The number of halogens is 1. The highest BCUT2D eigenvalue weighted by molar-refractivity contribution is 6.28. The van der Waals surface area contributed by atoms with Gasteiger partial charge in [0.2, 0.25) is 16.9 Å². The summed E-state index contributed by atoms with van der Waals surface area (Å²) in [5.74, 6) is 1.47. The summed E-state index contributed by atoms with van der Waals surface area (Å²) < 4.78 is 21.0. The summed E-state index contributed by atoms with van der Waals surface area (Å²) in [4.78, 5) is 7.82. The lowest BCUT2D eigenvalue weighted by molar-refractivity contribution is 0.211. The van der Waals surface area contributed by atoms with E-state index in [1.54, 1.807) is 12.1 Å². The van der Waals surface area contributed by atoms with E-state index in [1.807, 2.05) is 0 Å². The Morgan fingerprint density at radius 1 is 1.00 bits per heavy atom. The monoisotopic (exact) mass is 340 g/mol. The number of rotatable bonds is 6. The lowest BCUT2D eigenvalue weighted by Crippen LogP contribution is -2.06. The van der Waals surface area contributed by atoms with E-state index in [0.717, 1.165) is 0 Å². The minimum atomic E-state index is -1.06. The summed E-state index contributed by atoms with van der Waals surface area (Å²) in [7, 11) is 5.94. The van der Waals surface area contributed by atoms with Gasteiger partial charge in [-0.1, -0.05) is 0 Å². The van der Waals surface area contributed by atoms with E-state index in [-0.39, 0.29) is 11.2 Å². The molecule has 23 heavy (non-hydrogen) atoms. The maximum atomic E-state index is 10.6. The van der Waals surface area contributed by atoms with Crippen molar-refractivity contribution in [3.8, 4) is 23.1 Å². The zero-order valence-electron chi connectivity index (χ0n) is 13.2. The molecule has 1 aromatic heterocycles. The Kier molecular flexibility index (Phi) is 5.46. The first kappa shape index (κ1) is 17.1. The molecular formula is C15H17ClN2O5. The second-order valence-corrected chi connectivity index (χ2v) is 4.80. The van der Waals surface area contributed by atoms with Crippen molar-refractivity contribution >= 4 is 11.6 Å². The second-order valence-electron chi connectivity index (χ2n) is 4.46. The largest absolute Gasteiger partial charge is 0.493 e. The summed E-state index contributed by atoms with van der Waals surface area (Å²) in [5.41, 5.74) is 0.870. The molecule has 0 radical (unpaired) electrons. The van der Waals surface area contributed by atoms with Crippen LogP contribution in [-0.2, 0) is 0 Å². The van der Waals surface area contributed by atoms with Gasteiger partial charge in [0.15, 0.2) is 11.5 Å². The number of nitrogens with zero attached hydrogens (tertiary/aromatic N) is 2. The molecule has 1 atom stereocenters. The third-order valence-corrected chi connectivity index (χ3v) is 3.42. The van der Waals surface area contributed by atoms with Crippen molar-refractivity contribution in [2.75, 3.05) is 28.4 Å². The fraction of sp³-hybridized carbons (Fsp3) is 0.333. The smallest absolute Gasteiger partial charge is 0.225 e. The van der Waals surface area contributed by atoms with Gasteiger partial charge in [0, 0.05) is 6.20 Å². The van der Waals surface area contributed by atoms with Crippen LogP contribution in [0.5, 0.6) is 23.1 Å². The fourth-order valence-electron chi connectivity index (χ4n) is 2.15. The lowest BCUT2D eigenvalue weighted by Gasteiger charge is -2.18. The number of aliphatic hydroxyl groups excluding tert-OH is 1. The molecule has 124 valence electrons. The molecule has 0 aliphatic heterocycles. The van der Waals surface area contributed by atoms with E-state index in [2.05, 4.69) is 9.97 Å². The highest BCUT2D eigenvalue weighted by Gasteiger charge is 2.22. The van der Waals surface area contributed by atoms with E-state index >= 15 is 0 Å². The Hall–Kier alpha value is -2.25. The Morgan fingerprint density at radius 2 is 1.61 bits per heavy atom. The van der Waals surface area contributed by atoms with Gasteiger partial charge in [0.25, 0.3) is 0 Å². The van der Waals surface area contributed by atoms with Crippen LogP contribution in [0.2, 0.25) is 5.28 Å². The highest BCUT2D eigenvalue weighted by Crippen LogP contribution is 2.41. The van der Waals surface area contributed by atoms with Crippen molar-refractivity contribution in [1.29, 1.82) is 0 Å². The van der Waals surface area contributed by atoms with Gasteiger partial charge in [-0.15, -0.1) is 0 Å². The van der Waals surface area contributed by atoms with Crippen LogP contribution in [0.3, 0.4) is 0 Å². The van der Waals surface area contributed by atoms with E-state index in [9.17, 15) is 5.11 Å². The molecule has 1 heterocycles. The topological polar surface area (TPSA) is 82.9 Å². The van der Waals surface area contributed by atoms with Crippen LogP contribution >= 0.6 is 11.6 Å². The molecule has 1 unspecified atom stereocenters. The van der Waals surface area contributed by atoms with E-state index in [0.29, 0.717) is 28.4 Å². The Bertz CT molecular complexity index is 671. The van der Waals surface area contributed by atoms with E-state index in [1.165, 1.54) is 34.6 Å². The number of aliphatic hydroxyl groups is 1. The Labute approximate surface area is 138 Å². The molecule has 0 aliphatic carbocycles. The van der Waals surface area contributed by atoms with Gasteiger partial charge in [-0.3, -0.25) is 0 Å². The number of hydrogen-bond acceptors (Lipinski definition) is 7. The summed E-state index contributed by atoms with van der Waals surface area (Å²) in [6, 6.07) is 3.28. The van der Waals surface area contributed by atoms with E-state index < -0.39 is 6.10 Å². The molecule has 0 aliphatic rings. The fourth-order valence-corrected chi connectivity index (χ4v) is 2.27. The highest BCUT2D eigenvalue weighted by atomic mass is 35.5. The van der Waals surface area contributed by atoms with Gasteiger partial charge in [-0.25, -0.2) is 4.98 Å². The maximum Gasteiger partial charge on any atom is 0.225 e. The van der Waals surface area contributed by atoms with E-state index in [4.69, 9.17) is 30.5 Å². The molecule has 0 fully saturated rings. The predicted octanol–water partition coefficient (Wildman–Crippen LogP) is 2.25. The molecule has 0 bridgehead atoms. The molecule has 8 heteroatoms. The average Bonchev–Trinajstić information content (AvgIpc) is 2.59. The van der Waals surface area contributed by atoms with Gasteiger partial charge in [0.1, 0.15) is 6.10 Å². The van der Waals surface area contributed by atoms with Crippen LogP contribution in [0.1, 0.15) is 17.2 Å². The van der Waals surface area contributed by atoms with Crippen molar-refractivity contribution in [1.82, 2.24) is 9.97 Å². The molecule has 7 nitrogen and oxygen atoms in total. The summed E-state index contributed by atoms with van der Waals surface area (Å²) >= 11 is 5.74. The number of aromatic nitrogens is 2. The third-order valence-electron chi connectivity index (χ3n) is 3.24. The van der Waals surface area contributed by atoms with Crippen molar-refractivity contribution in [3.05, 3.63) is 34.7 Å². The molecule has 0 spiro atoms. The van der Waals surface area contributed by atoms with Gasteiger partial charge >= 0.3 is 0 Å². The first-order chi connectivity index (χ1) is 11.0. The molecule has 2 aromatic rings. The minimum Gasteiger partial charge on any atom is -0.493 e. The zero-order chi connectivity index (χ0) is 17.0. The molecular weight excluding hydrogens is 324 g/mol. The van der Waals surface area contributed by atoms with Crippen LogP contribution in [0, 0.1) is 0 Å². The first-order valence-corrected chi connectivity index (χ1v) is 6.97. The predicted molar refractivity (Wildman–Crippen MR) is 83.8 cm³/mol.